The van der Waals surface area contributed by atoms with Gasteiger partial charge in [0.1, 0.15) is 5.75 Å². The fraction of sp³-hybridized carbons (Fsp3) is 0.387. The smallest absolute Gasteiger partial charge is 0.262 e. The van der Waals surface area contributed by atoms with Crippen molar-refractivity contribution >= 4 is 33.2 Å². The molecule has 41 heavy (non-hydrogen) atoms. The Morgan fingerprint density at radius 3 is 2.49 bits per heavy atom. The van der Waals surface area contributed by atoms with Crippen LogP contribution in [0.1, 0.15) is 40.3 Å². The number of carbonyl (C=O) groups excluding carboxylic acids is 1. The number of nitrogens with zero attached hydrogens (tertiary/aromatic N) is 2. The van der Waals surface area contributed by atoms with E-state index in [-0.39, 0.29) is 29.4 Å². The predicted molar refractivity (Wildman–Crippen MR) is 162 cm³/mol. The molecule has 1 saturated heterocycles. The Hall–Kier alpha value is -3.11. The van der Waals surface area contributed by atoms with Gasteiger partial charge in [-0.2, -0.15) is 0 Å². The van der Waals surface area contributed by atoms with E-state index < -0.39 is 10.0 Å². The van der Waals surface area contributed by atoms with Crippen LogP contribution in [0.4, 0.5) is 5.69 Å². The van der Waals surface area contributed by atoms with Crippen LogP contribution in [-0.2, 0) is 21.2 Å². The summed E-state index contributed by atoms with van der Waals surface area (Å²) in [5, 5.41) is 10.4. The minimum atomic E-state index is -3.99. The molecule has 2 atom stereocenters. The highest BCUT2D eigenvalue weighted by molar-refractivity contribution is 7.92. The molecule has 1 amide bonds. The van der Waals surface area contributed by atoms with E-state index >= 15 is 0 Å². The third-order valence-electron chi connectivity index (χ3n) is 7.85. The third kappa shape index (κ3) is 7.04. The molecule has 1 aliphatic rings. The van der Waals surface area contributed by atoms with Crippen molar-refractivity contribution < 1.29 is 23.1 Å². The zero-order valence-electron chi connectivity index (χ0n) is 24.1. The van der Waals surface area contributed by atoms with E-state index in [0.29, 0.717) is 52.7 Å². The summed E-state index contributed by atoms with van der Waals surface area (Å²) in [6.45, 7) is 7.28. The number of amides is 1. The predicted octanol–water partition coefficient (Wildman–Crippen LogP) is 4.88. The normalized spacial score (nSPS) is 16.4. The molecule has 1 fully saturated rings. The van der Waals surface area contributed by atoms with Crippen LogP contribution in [0.3, 0.4) is 0 Å². The van der Waals surface area contributed by atoms with Crippen LogP contribution < -0.4 is 9.46 Å². The SMILES string of the molecule is COc1c(C)cc(S(=O)(=O)Nc2ccc(Cl)cc2CC(=O)N(C)C(CN2CCC(O)C2)c2ccccc2)c(C)c1C. The Kier molecular flexibility index (Phi) is 9.64. The van der Waals surface area contributed by atoms with Crippen LogP contribution in [0.5, 0.6) is 5.75 Å². The number of methoxy groups -OCH3 is 1. The Morgan fingerprint density at radius 1 is 1.15 bits per heavy atom. The van der Waals surface area contributed by atoms with Gasteiger partial charge in [-0.05, 0) is 79.3 Å². The minimum absolute atomic E-state index is 0.0550. The number of hydrogen-bond donors (Lipinski definition) is 2. The van der Waals surface area contributed by atoms with Gasteiger partial charge in [-0.25, -0.2) is 8.42 Å². The van der Waals surface area contributed by atoms with E-state index in [1.54, 1.807) is 57.2 Å². The van der Waals surface area contributed by atoms with Gasteiger partial charge in [0.05, 0.1) is 36.3 Å². The number of sulfonamides is 1. The fourth-order valence-corrected chi connectivity index (χ4v) is 7.11. The Labute approximate surface area is 247 Å². The second-order valence-electron chi connectivity index (χ2n) is 10.7. The summed E-state index contributed by atoms with van der Waals surface area (Å²) in [5.41, 5.74) is 3.79. The van der Waals surface area contributed by atoms with Crippen molar-refractivity contribution in [2.24, 2.45) is 0 Å². The molecule has 2 N–H and O–H groups in total. The van der Waals surface area contributed by atoms with Crippen molar-refractivity contribution in [2.75, 3.05) is 38.5 Å². The van der Waals surface area contributed by atoms with Crippen molar-refractivity contribution in [3.8, 4) is 5.75 Å². The lowest BCUT2D eigenvalue weighted by Crippen LogP contribution is -2.39. The first-order valence-corrected chi connectivity index (χ1v) is 15.4. The number of rotatable bonds is 10. The lowest BCUT2D eigenvalue weighted by Gasteiger charge is -2.32. The van der Waals surface area contributed by atoms with Crippen molar-refractivity contribution in [3.05, 3.63) is 87.4 Å². The van der Waals surface area contributed by atoms with Crippen LogP contribution in [-0.4, -0.2) is 69.1 Å². The molecule has 3 aromatic rings. The molecule has 1 heterocycles. The monoisotopic (exact) mass is 599 g/mol. The molecule has 0 aromatic heterocycles. The second-order valence-corrected chi connectivity index (χ2v) is 12.8. The van der Waals surface area contributed by atoms with Gasteiger partial charge in [-0.15, -0.1) is 0 Å². The molecule has 10 heteroatoms. The summed E-state index contributed by atoms with van der Waals surface area (Å²) in [7, 11) is -0.671. The van der Waals surface area contributed by atoms with Crippen LogP contribution in [0.2, 0.25) is 5.02 Å². The molecule has 0 radical (unpaired) electrons. The Bertz CT molecular complexity index is 1510. The first-order chi connectivity index (χ1) is 19.4. The van der Waals surface area contributed by atoms with E-state index in [4.69, 9.17) is 16.3 Å². The van der Waals surface area contributed by atoms with Crippen LogP contribution in [0, 0.1) is 20.8 Å². The van der Waals surface area contributed by atoms with E-state index in [9.17, 15) is 18.3 Å². The van der Waals surface area contributed by atoms with E-state index in [1.807, 2.05) is 37.3 Å². The highest BCUT2D eigenvalue weighted by Gasteiger charge is 2.29. The maximum atomic E-state index is 13.7. The van der Waals surface area contributed by atoms with Crippen molar-refractivity contribution in [1.82, 2.24) is 9.80 Å². The van der Waals surface area contributed by atoms with Crippen LogP contribution >= 0.6 is 11.6 Å². The van der Waals surface area contributed by atoms with E-state index in [0.717, 1.165) is 17.7 Å². The summed E-state index contributed by atoms with van der Waals surface area (Å²) in [5.74, 6) is 0.465. The molecule has 220 valence electrons. The number of likely N-dealkylation sites (tertiary alicyclic amines) is 1. The summed E-state index contributed by atoms with van der Waals surface area (Å²) in [4.78, 5) is 17.7. The van der Waals surface area contributed by atoms with Crippen molar-refractivity contribution in [1.29, 1.82) is 0 Å². The standard InChI is InChI=1S/C31H38ClN3O5S/c1-20-15-29(21(2)22(3)31(20)40-5)41(38,39)33-27-12-11-25(32)16-24(27)17-30(37)34(4)28(23-9-7-6-8-10-23)19-35-14-13-26(36)18-35/h6-12,15-16,26,28,33,36H,13-14,17-19H2,1-5H3. The number of benzene rings is 3. The molecule has 2 unspecified atom stereocenters. The molecule has 4 rings (SSSR count). The highest BCUT2D eigenvalue weighted by Crippen LogP contribution is 2.33. The van der Waals surface area contributed by atoms with Gasteiger partial charge in [0.15, 0.2) is 0 Å². The van der Waals surface area contributed by atoms with Gasteiger partial charge in [0.25, 0.3) is 10.0 Å². The molecular weight excluding hydrogens is 562 g/mol. The number of halogens is 1. The molecule has 3 aromatic carbocycles. The molecular formula is C31H38ClN3O5S. The van der Waals surface area contributed by atoms with Crippen LogP contribution in [0.25, 0.3) is 0 Å². The number of likely N-dealkylation sites (N-methyl/N-ethyl adjacent to an activating group) is 1. The number of nitrogens with one attached hydrogen (secondary N) is 1. The van der Waals surface area contributed by atoms with Gasteiger partial charge in [0.2, 0.25) is 5.91 Å². The van der Waals surface area contributed by atoms with Gasteiger partial charge >= 0.3 is 0 Å². The highest BCUT2D eigenvalue weighted by atomic mass is 35.5. The maximum Gasteiger partial charge on any atom is 0.262 e. The lowest BCUT2D eigenvalue weighted by molar-refractivity contribution is -0.131. The number of ether oxygens (including phenoxy) is 1. The molecule has 0 spiro atoms. The summed E-state index contributed by atoms with van der Waals surface area (Å²) >= 11 is 6.31. The average Bonchev–Trinajstić information content (AvgIpc) is 3.35. The van der Waals surface area contributed by atoms with Crippen molar-refractivity contribution in [2.45, 2.75) is 50.7 Å². The minimum Gasteiger partial charge on any atom is -0.496 e. The van der Waals surface area contributed by atoms with E-state index in [2.05, 4.69) is 9.62 Å². The summed E-state index contributed by atoms with van der Waals surface area (Å²) in [6.07, 6.45) is 0.287. The number of carbonyl (C=O) groups is 1. The maximum absolute atomic E-state index is 13.7. The topological polar surface area (TPSA) is 99.2 Å². The summed E-state index contributed by atoms with van der Waals surface area (Å²) < 4.78 is 35.3. The zero-order chi connectivity index (χ0) is 29.9. The van der Waals surface area contributed by atoms with Gasteiger partial charge in [0, 0.05) is 31.7 Å². The molecule has 8 nitrogen and oxygen atoms in total. The van der Waals surface area contributed by atoms with Crippen LogP contribution in [0.15, 0.2) is 59.5 Å². The second kappa shape index (κ2) is 12.8. The largest absolute Gasteiger partial charge is 0.496 e. The number of aliphatic hydroxyl groups is 1. The van der Waals surface area contributed by atoms with Gasteiger partial charge < -0.3 is 14.7 Å². The fourth-order valence-electron chi connectivity index (χ4n) is 5.43. The molecule has 0 aliphatic carbocycles. The Balaban J connectivity index is 1.61. The van der Waals surface area contributed by atoms with Gasteiger partial charge in [-0.1, -0.05) is 41.9 Å². The van der Waals surface area contributed by atoms with E-state index in [1.165, 1.54) is 0 Å². The first-order valence-electron chi connectivity index (χ1n) is 13.6. The lowest BCUT2D eigenvalue weighted by atomic mass is 10.0. The zero-order valence-corrected chi connectivity index (χ0v) is 25.7. The average molecular weight is 600 g/mol. The number of aliphatic hydroxyl groups excluding tert-OH is 1. The molecule has 1 aliphatic heterocycles. The van der Waals surface area contributed by atoms with Crippen molar-refractivity contribution in [3.63, 3.8) is 0 Å². The van der Waals surface area contributed by atoms with Gasteiger partial charge in [-0.3, -0.25) is 14.4 Å². The number of β-amino-alcohol motifs (C(OH)–C–C–N with tert-alkyl or cyclic N) is 1. The molecule has 0 bridgehead atoms. The first kappa shape index (κ1) is 30.8. The summed E-state index contributed by atoms with van der Waals surface area (Å²) in [6, 6.07) is 15.9. The Morgan fingerprint density at radius 2 is 1.85 bits per heavy atom. The quantitative estimate of drug-likeness (QED) is 0.345. The molecule has 0 saturated carbocycles. The number of anilines is 1. The number of hydrogen-bond acceptors (Lipinski definition) is 6. The number of aryl methyl sites for hydroxylation is 1. The third-order valence-corrected chi connectivity index (χ3v) is 9.58.